The zero-order valence-corrected chi connectivity index (χ0v) is 17.4. The number of amides is 1. The molecule has 6 nitrogen and oxygen atoms in total. The number of carbonyl (C=O) groups is 1. The first kappa shape index (κ1) is 19.1. The van der Waals surface area contributed by atoms with E-state index in [9.17, 15) is 4.79 Å². The maximum Gasteiger partial charge on any atom is 0.274 e. The summed E-state index contributed by atoms with van der Waals surface area (Å²) >= 11 is 6.09. The molecule has 0 saturated carbocycles. The lowest BCUT2D eigenvalue weighted by atomic mass is 10.1. The van der Waals surface area contributed by atoms with Gasteiger partial charge in [-0.3, -0.25) is 4.79 Å². The van der Waals surface area contributed by atoms with Gasteiger partial charge in [-0.2, -0.15) is 5.10 Å². The molecule has 152 valence electrons. The van der Waals surface area contributed by atoms with Crippen LogP contribution in [0.5, 0.6) is 0 Å². The van der Waals surface area contributed by atoms with Gasteiger partial charge in [-0.25, -0.2) is 9.67 Å². The number of benzene rings is 3. The molecule has 1 amide bonds. The van der Waals surface area contributed by atoms with E-state index in [1.54, 1.807) is 23.3 Å². The number of hydrogen-bond donors (Lipinski definition) is 1. The summed E-state index contributed by atoms with van der Waals surface area (Å²) in [6.07, 6.45) is 5.32. The predicted octanol–water partition coefficient (Wildman–Crippen LogP) is 5.43. The molecule has 5 rings (SSSR count). The first-order valence-corrected chi connectivity index (χ1v) is 10.1. The van der Waals surface area contributed by atoms with E-state index in [2.05, 4.69) is 15.4 Å². The van der Waals surface area contributed by atoms with Crippen LogP contribution in [0.25, 0.3) is 22.1 Å². The van der Waals surface area contributed by atoms with Crippen LogP contribution in [0.2, 0.25) is 5.02 Å². The molecule has 31 heavy (non-hydrogen) atoms. The molecule has 1 N–H and O–H groups in total. The minimum Gasteiger partial charge on any atom is -0.321 e. The van der Waals surface area contributed by atoms with Gasteiger partial charge in [-0.05, 0) is 72.3 Å². The van der Waals surface area contributed by atoms with Crippen molar-refractivity contribution in [3.05, 3.63) is 102 Å². The zero-order chi connectivity index (χ0) is 21.4. The summed E-state index contributed by atoms with van der Waals surface area (Å²) in [5.41, 5.74) is 3.70. The highest BCUT2D eigenvalue weighted by Gasteiger charge is 2.16. The van der Waals surface area contributed by atoms with Crippen LogP contribution in [0, 0.1) is 6.92 Å². The van der Waals surface area contributed by atoms with Crippen molar-refractivity contribution in [3.63, 3.8) is 0 Å². The van der Waals surface area contributed by atoms with Gasteiger partial charge in [0.25, 0.3) is 5.91 Å². The number of anilines is 1. The van der Waals surface area contributed by atoms with Gasteiger partial charge < -0.3 is 9.88 Å². The number of aryl methyl sites for hydroxylation is 1. The predicted molar refractivity (Wildman–Crippen MR) is 122 cm³/mol. The molecular formula is C24H18ClN5O. The van der Waals surface area contributed by atoms with Gasteiger partial charge in [-0.15, -0.1) is 0 Å². The van der Waals surface area contributed by atoms with Crippen LogP contribution >= 0.6 is 11.6 Å². The monoisotopic (exact) mass is 427 g/mol. The fourth-order valence-electron chi connectivity index (χ4n) is 3.52. The van der Waals surface area contributed by atoms with Crippen LogP contribution in [-0.4, -0.2) is 25.2 Å². The average molecular weight is 428 g/mol. The number of rotatable bonds is 4. The SMILES string of the molecule is Cc1cc(C(=O)Nc2ccc(-n3ccnc3)cc2)n(-c2ccc3cc(Cl)ccc3c2)n1. The lowest BCUT2D eigenvalue weighted by Gasteiger charge is -2.10. The molecule has 0 radical (unpaired) electrons. The fraction of sp³-hybridized carbons (Fsp3) is 0.0417. The Morgan fingerprint density at radius 3 is 2.45 bits per heavy atom. The summed E-state index contributed by atoms with van der Waals surface area (Å²) in [7, 11) is 0. The average Bonchev–Trinajstić information content (AvgIpc) is 3.44. The highest BCUT2D eigenvalue weighted by molar-refractivity contribution is 6.31. The molecule has 2 aromatic heterocycles. The second-order valence-electron chi connectivity index (χ2n) is 7.23. The molecule has 0 aliphatic heterocycles. The Morgan fingerprint density at radius 1 is 0.935 bits per heavy atom. The van der Waals surface area contributed by atoms with Gasteiger partial charge in [-0.1, -0.05) is 23.7 Å². The lowest BCUT2D eigenvalue weighted by Crippen LogP contribution is -2.17. The summed E-state index contributed by atoms with van der Waals surface area (Å²) in [5, 5.41) is 10.2. The summed E-state index contributed by atoms with van der Waals surface area (Å²) in [6, 6.07) is 21.0. The molecule has 5 aromatic rings. The third-order valence-electron chi connectivity index (χ3n) is 5.02. The molecule has 0 spiro atoms. The standard InChI is InChI=1S/C24H18ClN5O/c1-16-12-23(24(31)27-20-5-8-21(9-6-20)29-11-10-26-15-29)30(28-16)22-7-3-17-13-19(25)4-2-18(17)14-22/h2-15H,1H3,(H,27,31). The van der Waals surface area contributed by atoms with Crippen molar-refractivity contribution in [3.8, 4) is 11.4 Å². The highest BCUT2D eigenvalue weighted by Crippen LogP contribution is 2.23. The molecule has 3 aromatic carbocycles. The molecule has 0 unspecified atom stereocenters. The van der Waals surface area contributed by atoms with E-state index in [0.29, 0.717) is 16.4 Å². The Kier molecular flexibility index (Phi) is 4.76. The minimum absolute atomic E-state index is 0.229. The van der Waals surface area contributed by atoms with Crippen molar-refractivity contribution in [1.29, 1.82) is 0 Å². The number of aromatic nitrogens is 4. The van der Waals surface area contributed by atoms with Crippen LogP contribution in [0.15, 0.2) is 85.5 Å². The number of carbonyl (C=O) groups excluding carboxylic acids is 1. The Bertz CT molecular complexity index is 1390. The largest absolute Gasteiger partial charge is 0.321 e. The van der Waals surface area contributed by atoms with Gasteiger partial charge in [0.1, 0.15) is 5.69 Å². The van der Waals surface area contributed by atoms with Crippen LogP contribution < -0.4 is 5.32 Å². The van der Waals surface area contributed by atoms with Gasteiger partial charge >= 0.3 is 0 Å². The van der Waals surface area contributed by atoms with E-state index in [0.717, 1.165) is 27.8 Å². The summed E-state index contributed by atoms with van der Waals surface area (Å²) in [5.74, 6) is -0.229. The van der Waals surface area contributed by atoms with Gasteiger partial charge in [0.2, 0.25) is 0 Å². The third-order valence-corrected chi connectivity index (χ3v) is 5.26. The number of halogens is 1. The van der Waals surface area contributed by atoms with Crippen molar-refractivity contribution in [1.82, 2.24) is 19.3 Å². The Balaban J connectivity index is 1.43. The molecule has 7 heteroatoms. The first-order valence-electron chi connectivity index (χ1n) is 9.73. The number of fused-ring (bicyclic) bond motifs is 1. The molecule has 0 saturated heterocycles. The van der Waals surface area contributed by atoms with Gasteiger partial charge in [0.15, 0.2) is 0 Å². The van der Waals surface area contributed by atoms with Crippen molar-refractivity contribution in [2.75, 3.05) is 5.32 Å². The number of imidazole rings is 1. The lowest BCUT2D eigenvalue weighted by molar-refractivity contribution is 0.101. The van der Waals surface area contributed by atoms with E-state index < -0.39 is 0 Å². The molecule has 0 atom stereocenters. The van der Waals surface area contributed by atoms with Crippen molar-refractivity contribution < 1.29 is 4.79 Å². The van der Waals surface area contributed by atoms with Crippen LogP contribution in [0.1, 0.15) is 16.2 Å². The van der Waals surface area contributed by atoms with Crippen LogP contribution in [-0.2, 0) is 0 Å². The second-order valence-corrected chi connectivity index (χ2v) is 7.67. The zero-order valence-electron chi connectivity index (χ0n) is 16.7. The molecule has 0 aliphatic rings. The van der Waals surface area contributed by atoms with E-state index in [1.165, 1.54) is 0 Å². The maximum absolute atomic E-state index is 13.0. The van der Waals surface area contributed by atoms with Gasteiger partial charge in [0.05, 0.1) is 17.7 Å². The van der Waals surface area contributed by atoms with Crippen molar-refractivity contribution >= 4 is 34.0 Å². The number of nitrogens with zero attached hydrogens (tertiary/aromatic N) is 4. The maximum atomic E-state index is 13.0. The Hall–Kier alpha value is -3.90. The van der Waals surface area contributed by atoms with Gasteiger partial charge in [0, 0.05) is 28.8 Å². The minimum atomic E-state index is -0.229. The highest BCUT2D eigenvalue weighted by atomic mass is 35.5. The Morgan fingerprint density at radius 2 is 1.68 bits per heavy atom. The smallest absolute Gasteiger partial charge is 0.274 e. The summed E-state index contributed by atoms with van der Waals surface area (Å²) in [6.45, 7) is 1.87. The quantitative estimate of drug-likeness (QED) is 0.416. The molecular weight excluding hydrogens is 410 g/mol. The van der Waals surface area contributed by atoms with E-state index in [1.807, 2.05) is 78.4 Å². The van der Waals surface area contributed by atoms with Crippen molar-refractivity contribution in [2.24, 2.45) is 0 Å². The third kappa shape index (κ3) is 3.81. The Labute approximate surface area is 183 Å². The normalized spacial score (nSPS) is 11.0. The second kappa shape index (κ2) is 7.74. The van der Waals surface area contributed by atoms with Crippen molar-refractivity contribution in [2.45, 2.75) is 6.92 Å². The van der Waals surface area contributed by atoms with E-state index in [-0.39, 0.29) is 5.91 Å². The molecule has 0 fully saturated rings. The molecule has 0 bridgehead atoms. The van der Waals surface area contributed by atoms with Crippen LogP contribution in [0.3, 0.4) is 0 Å². The molecule has 2 heterocycles. The summed E-state index contributed by atoms with van der Waals surface area (Å²) in [4.78, 5) is 17.1. The summed E-state index contributed by atoms with van der Waals surface area (Å²) < 4.78 is 3.56. The topological polar surface area (TPSA) is 64.7 Å². The first-order chi connectivity index (χ1) is 15.1. The number of hydrogen-bond acceptors (Lipinski definition) is 3. The van der Waals surface area contributed by atoms with E-state index >= 15 is 0 Å². The molecule has 0 aliphatic carbocycles. The van der Waals surface area contributed by atoms with E-state index in [4.69, 9.17) is 11.6 Å². The fourth-order valence-corrected chi connectivity index (χ4v) is 3.70. The van der Waals surface area contributed by atoms with Crippen LogP contribution in [0.4, 0.5) is 5.69 Å². The number of nitrogens with one attached hydrogen (secondary N) is 1.